The summed E-state index contributed by atoms with van der Waals surface area (Å²) in [6.07, 6.45) is 40.7. The zero-order valence-corrected chi connectivity index (χ0v) is 34.4. The van der Waals surface area contributed by atoms with Crippen LogP contribution in [-0.2, 0) is 5.41 Å². The number of fused-ring (bicyclic) bond motifs is 11. The van der Waals surface area contributed by atoms with Gasteiger partial charge < -0.3 is 9.80 Å². The van der Waals surface area contributed by atoms with Crippen molar-refractivity contribution < 1.29 is 0 Å². The van der Waals surface area contributed by atoms with Gasteiger partial charge in [-0.2, -0.15) is 0 Å². The lowest BCUT2D eigenvalue weighted by molar-refractivity contribution is 0.366. The number of anilines is 3. The predicted octanol–water partition coefficient (Wildman–Crippen LogP) is 12.3. The Hall–Kier alpha value is -6.82. The van der Waals surface area contributed by atoms with Crippen LogP contribution in [0.3, 0.4) is 0 Å². The lowest BCUT2D eigenvalue weighted by Gasteiger charge is -2.43. The molecule has 0 bridgehead atoms. The average molecular weight is 785 g/mol. The molecule has 2 heteroatoms. The van der Waals surface area contributed by atoms with Crippen molar-refractivity contribution in [2.24, 2.45) is 23.7 Å². The maximum absolute atomic E-state index is 3.30. The average Bonchev–Trinajstić information content (AvgIpc) is 3.81. The van der Waals surface area contributed by atoms with Gasteiger partial charge in [-0.15, -0.1) is 0 Å². The van der Waals surface area contributed by atoms with E-state index in [0.29, 0.717) is 5.92 Å². The van der Waals surface area contributed by atoms with Gasteiger partial charge >= 0.3 is 0 Å². The van der Waals surface area contributed by atoms with E-state index in [4.69, 9.17) is 0 Å². The van der Waals surface area contributed by atoms with Crippen molar-refractivity contribution >= 4 is 34.4 Å². The first-order valence-electron chi connectivity index (χ1n) is 22.3. The molecule has 0 aromatic heterocycles. The minimum atomic E-state index is -0.279. The second-order valence-electron chi connectivity index (χ2n) is 17.5. The highest BCUT2D eigenvalue weighted by Gasteiger charge is 2.64. The molecule has 1 fully saturated rings. The normalized spacial score (nSPS) is 25.7. The Morgan fingerprint density at radius 3 is 2.31 bits per heavy atom. The SMILES string of the molecule is c1ccc(N(C2=c3ccccc3=CCC2)c2ccc3c(c2)C2(c4ccccc4-3)C3C=CC=CC3C3C(N(c4ccc(C5=CC=CCC5)cc4)C4C=CC=CC4)=CC=CC32)cc#1. The fourth-order valence-electron chi connectivity index (χ4n) is 12.2. The Balaban J connectivity index is 1.04. The van der Waals surface area contributed by atoms with Crippen molar-refractivity contribution in [1.29, 1.82) is 0 Å². The quantitative estimate of drug-likeness (QED) is 0.162. The van der Waals surface area contributed by atoms with E-state index in [1.807, 2.05) is 6.07 Å². The van der Waals surface area contributed by atoms with E-state index in [1.165, 1.54) is 66.6 Å². The van der Waals surface area contributed by atoms with Crippen molar-refractivity contribution in [3.05, 3.63) is 239 Å². The van der Waals surface area contributed by atoms with Gasteiger partial charge in [0.25, 0.3) is 0 Å². The van der Waals surface area contributed by atoms with E-state index in [0.717, 1.165) is 37.8 Å². The Morgan fingerprint density at radius 2 is 1.44 bits per heavy atom. The number of allylic oxidation sites excluding steroid dienone is 14. The molecule has 6 atom stereocenters. The first-order chi connectivity index (χ1) is 30.3. The number of hydrogen-bond acceptors (Lipinski definition) is 2. The highest BCUT2D eigenvalue weighted by molar-refractivity contribution is 5.88. The minimum absolute atomic E-state index is 0.222. The first kappa shape index (κ1) is 36.1. The second kappa shape index (κ2) is 14.7. The van der Waals surface area contributed by atoms with Crippen LogP contribution in [0.15, 0.2) is 200 Å². The molecule has 0 heterocycles. The van der Waals surface area contributed by atoms with Crippen molar-refractivity contribution in [1.82, 2.24) is 0 Å². The van der Waals surface area contributed by atoms with Gasteiger partial charge in [0, 0.05) is 51.3 Å². The summed E-state index contributed by atoms with van der Waals surface area (Å²) in [6.45, 7) is 0. The molecule has 7 aliphatic carbocycles. The van der Waals surface area contributed by atoms with Gasteiger partial charge in [-0.1, -0.05) is 164 Å². The van der Waals surface area contributed by atoms with Crippen LogP contribution in [0.1, 0.15) is 48.8 Å². The molecule has 6 unspecified atom stereocenters. The topological polar surface area (TPSA) is 6.48 Å². The highest BCUT2D eigenvalue weighted by atomic mass is 15.2. The lowest BCUT2D eigenvalue weighted by atomic mass is 9.63. The van der Waals surface area contributed by atoms with E-state index >= 15 is 0 Å². The summed E-state index contributed by atoms with van der Waals surface area (Å²) < 4.78 is 0. The molecule has 5 aromatic carbocycles. The molecule has 1 spiro atoms. The molecule has 0 saturated heterocycles. The zero-order chi connectivity index (χ0) is 40.3. The molecule has 7 aliphatic rings. The molecule has 294 valence electrons. The summed E-state index contributed by atoms with van der Waals surface area (Å²) in [7, 11) is 0. The molecule has 1 saturated carbocycles. The van der Waals surface area contributed by atoms with Gasteiger partial charge in [0.05, 0.1) is 11.7 Å². The summed E-state index contributed by atoms with van der Waals surface area (Å²) in [5.74, 6) is 1.06. The Bertz CT molecular complexity index is 2930. The standard InChI is InChI=1S/C59H48N2/c1-4-18-41(19-5-1)42-34-36-46(37-35-42)60(44-22-6-2-7-23-44)57-33-17-31-54-58(57)51-28-13-15-30-53(51)59(54)52-29-14-12-27-49(52)50-39-38-47(40-55(50)59)61(45-24-8-3-9-25-45)56-32-16-21-43-20-10-11-26-48(43)56/h1-2,4,6-8,10-15,17-18,20-22,24-31,33-40,44,51,53-54,58H,5,16,19,23,32H2. The van der Waals surface area contributed by atoms with E-state index in [1.54, 1.807) is 0 Å². The number of nitrogens with zero attached hydrogens (tertiary/aromatic N) is 2. The highest BCUT2D eigenvalue weighted by Crippen LogP contribution is 2.69. The van der Waals surface area contributed by atoms with Crippen molar-refractivity contribution in [3.8, 4) is 11.1 Å². The van der Waals surface area contributed by atoms with Crippen molar-refractivity contribution in [2.75, 3.05) is 9.80 Å². The maximum Gasteiger partial charge on any atom is 0.0556 e. The lowest BCUT2D eigenvalue weighted by Crippen LogP contribution is -2.41. The molecule has 0 N–H and O–H groups in total. The minimum Gasteiger partial charge on any atom is -0.338 e. The molecule has 5 aromatic rings. The molecule has 0 radical (unpaired) electrons. The predicted molar refractivity (Wildman–Crippen MR) is 253 cm³/mol. The monoisotopic (exact) mass is 784 g/mol. The van der Waals surface area contributed by atoms with E-state index in [-0.39, 0.29) is 29.2 Å². The van der Waals surface area contributed by atoms with Crippen LogP contribution in [0.4, 0.5) is 17.1 Å². The second-order valence-corrected chi connectivity index (χ2v) is 17.5. The van der Waals surface area contributed by atoms with Crippen molar-refractivity contribution in [3.63, 3.8) is 0 Å². The van der Waals surface area contributed by atoms with Crippen molar-refractivity contribution in [2.45, 2.75) is 43.6 Å². The van der Waals surface area contributed by atoms with Crippen LogP contribution in [0.5, 0.6) is 0 Å². The smallest absolute Gasteiger partial charge is 0.0556 e. The van der Waals surface area contributed by atoms with Crippen LogP contribution in [0.25, 0.3) is 28.5 Å². The van der Waals surface area contributed by atoms with Crippen LogP contribution in [0, 0.1) is 35.8 Å². The van der Waals surface area contributed by atoms with Gasteiger partial charge in [0.15, 0.2) is 0 Å². The Morgan fingerprint density at radius 1 is 0.607 bits per heavy atom. The van der Waals surface area contributed by atoms with Crippen LogP contribution in [-0.4, -0.2) is 6.04 Å². The van der Waals surface area contributed by atoms with Crippen LogP contribution >= 0.6 is 0 Å². The molecule has 12 rings (SSSR count). The molecule has 61 heavy (non-hydrogen) atoms. The third kappa shape index (κ3) is 5.64. The summed E-state index contributed by atoms with van der Waals surface area (Å²) in [5.41, 5.74) is 14.4. The summed E-state index contributed by atoms with van der Waals surface area (Å²) in [6, 6.07) is 48.1. The van der Waals surface area contributed by atoms with E-state index < -0.39 is 0 Å². The fourth-order valence-corrected chi connectivity index (χ4v) is 12.2. The fraction of sp³-hybridized carbons (Fsp3) is 0.186. The third-order valence-corrected chi connectivity index (χ3v) is 14.6. The summed E-state index contributed by atoms with van der Waals surface area (Å²) >= 11 is 0. The van der Waals surface area contributed by atoms with Gasteiger partial charge in [0.1, 0.15) is 0 Å². The largest absolute Gasteiger partial charge is 0.338 e. The van der Waals surface area contributed by atoms with E-state index in [2.05, 4.69) is 216 Å². The maximum atomic E-state index is 3.30. The molecular weight excluding hydrogens is 737 g/mol. The Kier molecular flexibility index (Phi) is 8.70. The number of benzene rings is 4. The van der Waals surface area contributed by atoms with E-state index in [9.17, 15) is 0 Å². The van der Waals surface area contributed by atoms with Crippen LogP contribution < -0.4 is 20.2 Å². The number of rotatable bonds is 7. The molecule has 0 amide bonds. The molecule has 0 aliphatic heterocycles. The molecular formula is C59H48N2. The van der Waals surface area contributed by atoms with Gasteiger partial charge in [-0.3, -0.25) is 0 Å². The van der Waals surface area contributed by atoms with Crippen LogP contribution in [0.2, 0.25) is 0 Å². The third-order valence-electron chi connectivity index (χ3n) is 14.6. The molecule has 2 nitrogen and oxygen atoms in total. The van der Waals surface area contributed by atoms with Gasteiger partial charge in [-0.25, -0.2) is 0 Å². The first-order valence-corrected chi connectivity index (χ1v) is 22.3. The Labute approximate surface area is 360 Å². The summed E-state index contributed by atoms with van der Waals surface area (Å²) in [5, 5.41) is 2.61. The number of hydrogen-bond donors (Lipinski definition) is 0. The van der Waals surface area contributed by atoms with Gasteiger partial charge in [-0.05, 0) is 125 Å². The van der Waals surface area contributed by atoms with Gasteiger partial charge in [0.2, 0.25) is 0 Å². The zero-order valence-electron chi connectivity index (χ0n) is 34.4. The summed E-state index contributed by atoms with van der Waals surface area (Å²) in [4.78, 5) is 5.21.